The van der Waals surface area contributed by atoms with Gasteiger partial charge < -0.3 is 9.64 Å². The number of carbonyl (C=O) groups excluding carboxylic acids is 1. The molecule has 1 N–H and O–H groups in total. The van der Waals surface area contributed by atoms with Crippen molar-refractivity contribution in [3.05, 3.63) is 35.2 Å². The Morgan fingerprint density at radius 3 is 2.29 bits per heavy atom. The van der Waals surface area contributed by atoms with E-state index < -0.39 is 35.3 Å². The number of ether oxygens (including phenoxy) is 1. The number of nitrogens with zero attached hydrogens (tertiary/aromatic N) is 3. The molecule has 1 aliphatic rings. The van der Waals surface area contributed by atoms with Crippen molar-refractivity contribution >= 4 is 12.1 Å². The van der Waals surface area contributed by atoms with Gasteiger partial charge in [0.25, 0.3) is 0 Å². The number of anilines is 1. The maximum Gasteiger partial charge on any atom is 0.436 e. The molecule has 28 heavy (non-hydrogen) atoms. The zero-order valence-electron chi connectivity index (χ0n) is 14.1. The molecule has 0 amide bonds. The van der Waals surface area contributed by atoms with Gasteiger partial charge in [0.05, 0.1) is 5.56 Å². The maximum atomic E-state index is 12.8. The van der Waals surface area contributed by atoms with Crippen molar-refractivity contribution in [3.63, 3.8) is 0 Å². The number of alkyl halides is 6. The van der Waals surface area contributed by atoms with Crippen LogP contribution in [0.3, 0.4) is 0 Å². The average Bonchev–Trinajstić information content (AvgIpc) is 3.05. The van der Waals surface area contributed by atoms with Crippen LogP contribution in [0.2, 0.25) is 0 Å². The highest BCUT2D eigenvalue weighted by atomic mass is 19.4. The van der Waals surface area contributed by atoms with Crippen molar-refractivity contribution in [2.75, 3.05) is 18.0 Å². The first-order valence-electron chi connectivity index (χ1n) is 8.15. The molecule has 1 saturated heterocycles. The van der Waals surface area contributed by atoms with Crippen LogP contribution in [0.4, 0.5) is 32.2 Å². The molecule has 0 saturated carbocycles. The first-order chi connectivity index (χ1) is 13.1. The summed E-state index contributed by atoms with van der Waals surface area (Å²) in [5.41, 5.74) is -2.89. The summed E-state index contributed by atoms with van der Waals surface area (Å²) >= 11 is 0. The fraction of sp³-hybridized carbons (Fsp3) is 0.438. The third-order valence-corrected chi connectivity index (χ3v) is 4.28. The number of pyridine rings is 1. The number of aromatic nitrogens is 3. The van der Waals surface area contributed by atoms with E-state index in [-0.39, 0.29) is 12.2 Å². The number of aromatic amines is 1. The maximum absolute atomic E-state index is 12.8. The third kappa shape index (κ3) is 4.20. The molecule has 6 nitrogen and oxygen atoms in total. The highest BCUT2D eigenvalue weighted by Gasteiger charge is 2.39. The number of halogens is 6. The Kier molecular flexibility index (Phi) is 5.22. The third-order valence-electron chi connectivity index (χ3n) is 4.28. The number of carbonyl (C=O) groups is 1. The molecule has 0 atom stereocenters. The van der Waals surface area contributed by atoms with Crippen LogP contribution in [-0.2, 0) is 12.4 Å². The van der Waals surface area contributed by atoms with E-state index in [1.165, 1.54) is 6.07 Å². The van der Waals surface area contributed by atoms with Gasteiger partial charge in [0, 0.05) is 32.1 Å². The molecule has 1 fully saturated rings. The molecule has 2 aromatic heterocycles. The quantitative estimate of drug-likeness (QED) is 0.617. The molecule has 1 aliphatic heterocycles. The molecule has 0 spiro atoms. The van der Waals surface area contributed by atoms with Crippen molar-refractivity contribution in [1.29, 1.82) is 0 Å². The molecule has 3 rings (SSSR count). The van der Waals surface area contributed by atoms with Crippen molar-refractivity contribution in [3.8, 4) is 5.88 Å². The number of aldehydes is 1. The Balaban J connectivity index is 1.62. The molecule has 3 heterocycles. The fourth-order valence-corrected chi connectivity index (χ4v) is 2.86. The Morgan fingerprint density at radius 2 is 1.79 bits per heavy atom. The van der Waals surface area contributed by atoms with E-state index >= 15 is 0 Å². The zero-order valence-corrected chi connectivity index (χ0v) is 14.1. The Bertz CT molecular complexity index is 823. The summed E-state index contributed by atoms with van der Waals surface area (Å²) < 4.78 is 81.6. The minimum Gasteiger partial charge on any atom is -0.474 e. The van der Waals surface area contributed by atoms with Gasteiger partial charge in [-0.15, -0.1) is 0 Å². The number of nitrogens with one attached hydrogen (secondary N) is 1. The molecule has 0 aromatic carbocycles. The molecule has 12 heteroatoms. The van der Waals surface area contributed by atoms with Gasteiger partial charge in [-0.2, -0.15) is 31.4 Å². The van der Waals surface area contributed by atoms with E-state index in [1.54, 1.807) is 4.90 Å². The lowest BCUT2D eigenvalue weighted by Gasteiger charge is -2.32. The second-order valence-corrected chi connectivity index (χ2v) is 6.14. The largest absolute Gasteiger partial charge is 0.474 e. The van der Waals surface area contributed by atoms with Crippen LogP contribution < -0.4 is 9.64 Å². The van der Waals surface area contributed by atoms with Crippen LogP contribution in [0.25, 0.3) is 0 Å². The van der Waals surface area contributed by atoms with Gasteiger partial charge in [0.15, 0.2) is 12.0 Å². The Labute approximate surface area is 154 Å². The molecule has 0 bridgehead atoms. The van der Waals surface area contributed by atoms with Crippen LogP contribution in [0.1, 0.15) is 34.5 Å². The van der Waals surface area contributed by atoms with E-state index in [2.05, 4.69) is 15.2 Å². The number of H-pyrrole nitrogens is 1. The van der Waals surface area contributed by atoms with Gasteiger partial charge >= 0.3 is 12.4 Å². The lowest BCUT2D eigenvalue weighted by atomic mass is 10.1. The van der Waals surface area contributed by atoms with Crippen LogP contribution in [0.15, 0.2) is 18.3 Å². The first-order valence-corrected chi connectivity index (χ1v) is 8.15. The van der Waals surface area contributed by atoms with Crippen molar-refractivity contribution in [1.82, 2.24) is 15.2 Å². The monoisotopic (exact) mass is 408 g/mol. The second-order valence-electron chi connectivity index (χ2n) is 6.14. The van der Waals surface area contributed by atoms with Gasteiger partial charge in [-0.1, -0.05) is 0 Å². The lowest BCUT2D eigenvalue weighted by Crippen LogP contribution is -2.38. The van der Waals surface area contributed by atoms with Crippen LogP contribution in [0, 0.1) is 0 Å². The zero-order chi connectivity index (χ0) is 20.5. The molecule has 152 valence electrons. The average molecular weight is 408 g/mol. The minimum atomic E-state index is -4.79. The summed E-state index contributed by atoms with van der Waals surface area (Å²) in [7, 11) is 0. The summed E-state index contributed by atoms with van der Waals surface area (Å²) in [6.45, 7) is 0.749. The minimum absolute atomic E-state index is 0.0307. The van der Waals surface area contributed by atoms with E-state index in [0.29, 0.717) is 31.7 Å². The number of rotatable bonds is 4. The summed E-state index contributed by atoms with van der Waals surface area (Å²) in [4.78, 5) is 16.6. The molecule has 0 radical (unpaired) electrons. The van der Waals surface area contributed by atoms with Gasteiger partial charge in [-0.05, 0) is 12.1 Å². The van der Waals surface area contributed by atoms with Gasteiger partial charge in [0.1, 0.15) is 17.5 Å². The van der Waals surface area contributed by atoms with E-state index in [4.69, 9.17) is 4.74 Å². The van der Waals surface area contributed by atoms with Crippen molar-refractivity contribution in [2.24, 2.45) is 0 Å². The standard InChI is InChI=1S/C16H14F6N4O2/c17-15(18,19)9-1-2-12(23-7-9)26-5-3-10(4-6-26)28-14-11(8-27)13(24-25-14)16(20,21)22/h1-2,7-8,10H,3-6H2,(H,24,25). The summed E-state index contributed by atoms with van der Waals surface area (Å²) in [5, 5.41) is 5.18. The lowest BCUT2D eigenvalue weighted by molar-refractivity contribution is -0.141. The topological polar surface area (TPSA) is 71.1 Å². The van der Waals surface area contributed by atoms with Crippen LogP contribution in [-0.4, -0.2) is 40.7 Å². The van der Waals surface area contributed by atoms with Crippen molar-refractivity contribution in [2.45, 2.75) is 31.3 Å². The smallest absolute Gasteiger partial charge is 0.436 e. The SMILES string of the molecule is O=Cc1c(C(F)(F)F)n[nH]c1OC1CCN(c2ccc(C(F)(F)F)cn2)CC1. The number of hydrogen-bond acceptors (Lipinski definition) is 5. The van der Waals surface area contributed by atoms with E-state index in [0.717, 1.165) is 12.3 Å². The predicted molar refractivity (Wildman–Crippen MR) is 84.1 cm³/mol. The summed E-state index contributed by atoms with van der Waals surface area (Å²) in [6.07, 6.45) is -8.21. The molecule has 0 unspecified atom stereocenters. The highest BCUT2D eigenvalue weighted by molar-refractivity contribution is 5.80. The number of hydrogen-bond donors (Lipinski definition) is 1. The summed E-state index contributed by atoms with van der Waals surface area (Å²) in [5.74, 6) is 0.00867. The Hall–Kier alpha value is -2.79. The molecular formula is C16H14F6N4O2. The van der Waals surface area contributed by atoms with Gasteiger partial charge in [-0.3, -0.25) is 4.79 Å². The van der Waals surface area contributed by atoms with Gasteiger partial charge in [-0.25, -0.2) is 10.1 Å². The molecular weight excluding hydrogens is 394 g/mol. The van der Waals surface area contributed by atoms with Gasteiger partial charge in [0.2, 0.25) is 5.88 Å². The van der Waals surface area contributed by atoms with Crippen LogP contribution in [0.5, 0.6) is 5.88 Å². The van der Waals surface area contributed by atoms with E-state index in [1.807, 2.05) is 0 Å². The summed E-state index contributed by atoms with van der Waals surface area (Å²) in [6, 6.07) is 2.20. The Morgan fingerprint density at radius 1 is 1.11 bits per heavy atom. The molecule has 2 aromatic rings. The highest BCUT2D eigenvalue weighted by Crippen LogP contribution is 2.34. The number of piperidine rings is 1. The fourth-order valence-electron chi connectivity index (χ4n) is 2.86. The van der Waals surface area contributed by atoms with Crippen LogP contribution >= 0.6 is 0 Å². The van der Waals surface area contributed by atoms with E-state index in [9.17, 15) is 31.1 Å². The molecule has 0 aliphatic carbocycles. The second kappa shape index (κ2) is 7.32. The normalized spacial score (nSPS) is 16.3. The van der Waals surface area contributed by atoms with Crippen molar-refractivity contribution < 1.29 is 35.9 Å². The predicted octanol–water partition coefficient (Wildman–Crippen LogP) is 3.70. The first kappa shape index (κ1) is 20.0.